The van der Waals surface area contributed by atoms with Crippen LogP contribution in [-0.4, -0.2) is 25.8 Å². The molecule has 0 spiro atoms. The fraction of sp³-hybridized carbons (Fsp3) is 1.00. The average molecular weight is 225 g/mol. The standard InChI is InChI=1S/C14H27NO/c1-11(2)7-9-16-10-8-15-14(12-3-4-12)13-5-6-13/h11-15H,3-10H2,1-2H3. The van der Waals surface area contributed by atoms with E-state index in [1.807, 2.05) is 0 Å². The van der Waals surface area contributed by atoms with E-state index in [9.17, 15) is 0 Å². The van der Waals surface area contributed by atoms with E-state index >= 15 is 0 Å². The van der Waals surface area contributed by atoms with Crippen molar-refractivity contribution >= 4 is 0 Å². The zero-order valence-electron chi connectivity index (χ0n) is 10.9. The van der Waals surface area contributed by atoms with Crippen LogP contribution in [0.25, 0.3) is 0 Å². The number of nitrogens with one attached hydrogen (secondary N) is 1. The first-order valence-electron chi connectivity index (χ1n) is 7.08. The smallest absolute Gasteiger partial charge is 0.0591 e. The zero-order valence-corrected chi connectivity index (χ0v) is 10.9. The van der Waals surface area contributed by atoms with E-state index in [4.69, 9.17) is 4.74 Å². The van der Waals surface area contributed by atoms with Crippen LogP contribution in [-0.2, 0) is 4.74 Å². The lowest BCUT2D eigenvalue weighted by molar-refractivity contribution is 0.122. The van der Waals surface area contributed by atoms with E-state index in [1.165, 1.54) is 32.1 Å². The molecule has 1 N–H and O–H groups in total. The molecule has 0 aromatic rings. The monoisotopic (exact) mass is 225 g/mol. The van der Waals surface area contributed by atoms with Gasteiger partial charge in [0.1, 0.15) is 0 Å². The van der Waals surface area contributed by atoms with Gasteiger partial charge in [0.15, 0.2) is 0 Å². The van der Waals surface area contributed by atoms with Gasteiger partial charge < -0.3 is 10.1 Å². The molecule has 0 bridgehead atoms. The Morgan fingerprint density at radius 1 is 1.06 bits per heavy atom. The lowest BCUT2D eigenvalue weighted by Gasteiger charge is -2.17. The summed E-state index contributed by atoms with van der Waals surface area (Å²) in [6.07, 6.45) is 7.03. The van der Waals surface area contributed by atoms with Crippen LogP contribution in [0.15, 0.2) is 0 Å². The number of hydrogen-bond donors (Lipinski definition) is 1. The van der Waals surface area contributed by atoms with Gasteiger partial charge in [-0.2, -0.15) is 0 Å². The maximum atomic E-state index is 5.63. The summed E-state index contributed by atoms with van der Waals surface area (Å²) in [6, 6.07) is 0.827. The molecule has 0 heterocycles. The van der Waals surface area contributed by atoms with Gasteiger partial charge in [-0.3, -0.25) is 0 Å². The highest BCUT2D eigenvalue weighted by molar-refractivity contribution is 4.96. The van der Waals surface area contributed by atoms with Crippen LogP contribution in [0, 0.1) is 17.8 Å². The third-order valence-electron chi connectivity index (χ3n) is 3.73. The van der Waals surface area contributed by atoms with Gasteiger partial charge in [0, 0.05) is 19.2 Å². The summed E-state index contributed by atoms with van der Waals surface area (Å²) in [5.41, 5.74) is 0. The summed E-state index contributed by atoms with van der Waals surface area (Å²) < 4.78 is 5.63. The SMILES string of the molecule is CC(C)CCOCCNC(C1CC1)C1CC1. The highest BCUT2D eigenvalue weighted by atomic mass is 16.5. The summed E-state index contributed by atoms with van der Waals surface area (Å²) >= 11 is 0. The number of ether oxygens (including phenoxy) is 1. The van der Waals surface area contributed by atoms with Gasteiger partial charge in [-0.25, -0.2) is 0 Å². The molecule has 2 aliphatic carbocycles. The summed E-state index contributed by atoms with van der Waals surface area (Å²) in [5.74, 6) is 2.77. The van der Waals surface area contributed by atoms with Gasteiger partial charge in [0.2, 0.25) is 0 Å². The van der Waals surface area contributed by atoms with Gasteiger partial charge >= 0.3 is 0 Å². The number of hydrogen-bond acceptors (Lipinski definition) is 2. The van der Waals surface area contributed by atoms with E-state index in [0.29, 0.717) is 0 Å². The first-order chi connectivity index (χ1) is 7.77. The summed E-state index contributed by atoms with van der Waals surface area (Å²) in [4.78, 5) is 0. The number of rotatable bonds is 9. The zero-order chi connectivity index (χ0) is 11.4. The minimum Gasteiger partial charge on any atom is -0.380 e. The summed E-state index contributed by atoms with van der Waals surface area (Å²) in [7, 11) is 0. The van der Waals surface area contributed by atoms with Crippen molar-refractivity contribution in [3.63, 3.8) is 0 Å². The van der Waals surface area contributed by atoms with Crippen LogP contribution in [0.1, 0.15) is 46.0 Å². The van der Waals surface area contributed by atoms with Crippen molar-refractivity contribution in [3.05, 3.63) is 0 Å². The Morgan fingerprint density at radius 3 is 2.19 bits per heavy atom. The fourth-order valence-electron chi connectivity index (χ4n) is 2.35. The van der Waals surface area contributed by atoms with Crippen molar-refractivity contribution in [2.75, 3.05) is 19.8 Å². The summed E-state index contributed by atoms with van der Waals surface area (Å²) in [5, 5.41) is 3.71. The van der Waals surface area contributed by atoms with Crippen LogP contribution in [0.4, 0.5) is 0 Å². The molecular formula is C14H27NO. The predicted molar refractivity (Wildman–Crippen MR) is 67.5 cm³/mol. The molecule has 2 fully saturated rings. The molecule has 0 radical (unpaired) electrons. The second-order valence-electron chi connectivity index (χ2n) is 5.95. The molecule has 16 heavy (non-hydrogen) atoms. The van der Waals surface area contributed by atoms with E-state index in [-0.39, 0.29) is 0 Å². The second kappa shape index (κ2) is 6.02. The Balaban J connectivity index is 1.46. The lowest BCUT2D eigenvalue weighted by Crippen LogP contribution is -2.35. The quantitative estimate of drug-likeness (QED) is 0.609. The molecule has 94 valence electrons. The van der Waals surface area contributed by atoms with Crippen molar-refractivity contribution in [2.45, 2.75) is 52.0 Å². The van der Waals surface area contributed by atoms with E-state index in [0.717, 1.165) is 43.6 Å². The van der Waals surface area contributed by atoms with Gasteiger partial charge in [0.25, 0.3) is 0 Å². The van der Waals surface area contributed by atoms with Gasteiger partial charge in [-0.05, 0) is 49.9 Å². The second-order valence-corrected chi connectivity index (χ2v) is 5.95. The van der Waals surface area contributed by atoms with Crippen LogP contribution < -0.4 is 5.32 Å². The molecule has 0 aromatic heterocycles. The molecule has 0 aromatic carbocycles. The molecular weight excluding hydrogens is 198 g/mol. The first-order valence-corrected chi connectivity index (χ1v) is 7.08. The predicted octanol–water partition coefficient (Wildman–Crippen LogP) is 2.83. The normalized spacial score (nSPS) is 21.0. The molecule has 2 nitrogen and oxygen atoms in total. The highest BCUT2D eigenvalue weighted by Crippen LogP contribution is 2.44. The van der Waals surface area contributed by atoms with Crippen molar-refractivity contribution in [3.8, 4) is 0 Å². The molecule has 2 saturated carbocycles. The lowest BCUT2D eigenvalue weighted by atomic mass is 10.1. The molecule has 0 amide bonds. The minimum atomic E-state index is 0.763. The van der Waals surface area contributed by atoms with Crippen LogP contribution in [0.3, 0.4) is 0 Å². The largest absolute Gasteiger partial charge is 0.380 e. The van der Waals surface area contributed by atoms with E-state index in [1.54, 1.807) is 0 Å². The Labute approximate surface area is 100 Å². The van der Waals surface area contributed by atoms with Crippen LogP contribution in [0.5, 0.6) is 0 Å². The first kappa shape index (κ1) is 12.4. The molecule has 2 heteroatoms. The van der Waals surface area contributed by atoms with Crippen molar-refractivity contribution in [2.24, 2.45) is 17.8 Å². The summed E-state index contributed by atoms with van der Waals surface area (Å²) in [6.45, 7) is 7.37. The third-order valence-corrected chi connectivity index (χ3v) is 3.73. The third kappa shape index (κ3) is 4.42. The van der Waals surface area contributed by atoms with Crippen molar-refractivity contribution in [1.82, 2.24) is 5.32 Å². The highest BCUT2D eigenvalue weighted by Gasteiger charge is 2.40. The van der Waals surface area contributed by atoms with Crippen LogP contribution in [0.2, 0.25) is 0 Å². The van der Waals surface area contributed by atoms with E-state index in [2.05, 4.69) is 19.2 Å². The molecule has 0 saturated heterocycles. The van der Waals surface area contributed by atoms with Gasteiger partial charge in [-0.15, -0.1) is 0 Å². The van der Waals surface area contributed by atoms with Gasteiger partial charge in [0.05, 0.1) is 6.61 Å². The molecule has 2 aliphatic rings. The Morgan fingerprint density at radius 2 is 1.69 bits per heavy atom. The minimum absolute atomic E-state index is 0.763. The molecule has 0 aliphatic heterocycles. The topological polar surface area (TPSA) is 21.3 Å². The average Bonchev–Trinajstić information content (AvgIpc) is 3.10. The maximum Gasteiger partial charge on any atom is 0.0591 e. The van der Waals surface area contributed by atoms with Gasteiger partial charge in [-0.1, -0.05) is 13.8 Å². The maximum absolute atomic E-state index is 5.63. The van der Waals surface area contributed by atoms with Crippen molar-refractivity contribution < 1.29 is 4.74 Å². The Hall–Kier alpha value is -0.0800. The molecule has 2 rings (SSSR count). The Bertz CT molecular complexity index is 185. The fourth-order valence-corrected chi connectivity index (χ4v) is 2.35. The van der Waals surface area contributed by atoms with E-state index < -0.39 is 0 Å². The Kier molecular flexibility index (Phi) is 4.66. The van der Waals surface area contributed by atoms with Crippen LogP contribution >= 0.6 is 0 Å². The molecule has 0 unspecified atom stereocenters. The molecule has 0 atom stereocenters. The van der Waals surface area contributed by atoms with Crippen molar-refractivity contribution in [1.29, 1.82) is 0 Å².